The number of hydrogen-bond acceptors (Lipinski definition) is 5. The largest absolute Gasteiger partial charge is 0.324 e. The normalized spacial score (nSPS) is 16.4. The summed E-state index contributed by atoms with van der Waals surface area (Å²) in [5, 5.41) is 13.4. The molecule has 0 unspecified atom stereocenters. The maximum Gasteiger partial charge on any atom is 0.286 e. The lowest BCUT2D eigenvalue weighted by Gasteiger charge is -2.24. The molecule has 0 bridgehead atoms. The van der Waals surface area contributed by atoms with Gasteiger partial charge in [0, 0.05) is 23.1 Å². The van der Waals surface area contributed by atoms with Gasteiger partial charge in [0.2, 0.25) is 5.91 Å². The Bertz CT molecular complexity index is 878. The molecule has 0 saturated heterocycles. The number of carbonyl (C=O) groups excluding carboxylic acids is 1. The minimum absolute atomic E-state index is 0.117. The van der Waals surface area contributed by atoms with Crippen LogP contribution in [-0.4, -0.2) is 20.6 Å². The van der Waals surface area contributed by atoms with E-state index >= 15 is 0 Å². The van der Waals surface area contributed by atoms with E-state index in [2.05, 4.69) is 5.32 Å². The van der Waals surface area contributed by atoms with Gasteiger partial charge in [-0.05, 0) is 25.5 Å². The Hall–Kier alpha value is -2.61. The Labute approximate surface area is 141 Å². The van der Waals surface area contributed by atoms with Gasteiger partial charge in [-0.3, -0.25) is 19.7 Å². The smallest absolute Gasteiger partial charge is 0.286 e. The molecule has 2 heterocycles. The number of aromatic nitrogens is 1. The average molecular weight is 345 g/mol. The standard InChI is InChI=1S/C16H15N3O4S/c1-10-8-11(19(22)23)9-18(16(10)21)7-6-14-15(20)17-12-4-2-3-5-13(12)24-14/h2-5,8-9,14H,6-7H2,1H3,(H,17,20)/t14-/m1/s1. The lowest BCUT2D eigenvalue weighted by atomic mass is 10.2. The maximum atomic E-state index is 12.2. The van der Waals surface area contributed by atoms with E-state index in [-0.39, 0.29) is 28.9 Å². The van der Waals surface area contributed by atoms with Crippen LogP contribution in [0.1, 0.15) is 12.0 Å². The van der Waals surface area contributed by atoms with Gasteiger partial charge in [-0.25, -0.2) is 0 Å². The molecule has 0 fully saturated rings. The lowest BCUT2D eigenvalue weighted by Crippen LogP contribution is -2.31. The van der Waals surface area contributed by atoms with Crippen LogP contribution in [0.3, 0.4) is 0 Å². The molecule has 2 aromatic rings. The van der Waals surface area contributed by atoms with E-state index in [1.54, 1.807) is 6.92 Å². The Morgan fingerprint density at radius 2 is 2.08 bits per heavy atom. The Balaban J connectivity index is 1.78. The van der Waals surface area contributed by atoms with Crippen molar-refractivity contribution in [2.45, 2.75) is 30.0 Å². The van der Waals surface area contributed by atoms with Gasteiger partial charge >= 0.3 is 0 Å². The second-order valence-electron chi connectivity index (χ2n) is 5.52. The van der Waals surface area contributed by atoms with Crippen LogP contribution in [0, 0.1) is 17.0 Å². The zero-order chi connectivity index (χ0) is 17.3. The fraction of sp³-hybridized carbons (Fsp3) is 0.250. The topological polar surface area (TPSA) is 94.2 Å². The molecule has 1 aliphatic heterocycles. The van der Waals surface area contributed by atoms with Crippen LogP contribution in [0.4, 0.5) is 11.4 Å². The van der Waals surface area contributed by atoms with Crippen molar-refractivity contribution in [3.8, 4) is 0 Å². The highest BCUT2D eigenvalue weighted by Crippen LogP contribution is 2.36. The number of para-hydroxylation sites is 1. The monoisotopic (exact) mass is 345 g/mol. The summed E-state index contributed by atoms with van der Waals surface area (Å²) in [6, 6.07) is 8.78. The molecule has 7 nitrogen and oxygen atoms in total. The second-order valence-corrected chi connectivity index (χ2v) is 6.76. The second kappa shape index (κ2) is 6.48. The molecule has 1 amide bonds. The summed E-state index contributed by atoms with van der Waals surface area (Å²) < 4.78 is 1.31. The first-order valence-electron chi connectivity index (χ1n) is 7.38. The number of hydrogen-bond donors (Lipinski definition) is 1. The summed E-state index contributed by atoms with van der Waals surface area (Å²) in [4.78, 5) is 35.7. The SMILES string of the molecule is Cc1cc([N+](=O)[O-])cn(CC[C@H]2Sc3ccccc3NC2=O)c1=O. The van der Waals surface area contributed by atoms with Gasteiger partial charge in [0.25, 0.3) is 11.2 Å². The van der Waals surface area contributed by atoms with Crippen LogP contribution in [0.25, 0.3) is 0 Å². The summed E-state index contributed by atoms with van der Waals surface area (Å²) in [5.41, 5.74) is 0.697. The molecule has 0 aliphatic carbocycles. The molecule has 0 spiro atoms. The van der Waals surface area contributed by atoms with E-state index in [1.807, 2.05) is 24.3 Å². The van der Waals surface area contributed by atoms with Crippen LogP contribution in [-0.2, 0) is 11.3 Å². The van der Waals surface area contributed by atoms with Crippen LogP contribution in [0.5, 0.6) is 0 Å². The molecule has 1 aliphatic rings. The Kier molecular flexibility index (Phi) is 4.39. The molecular weight excluding hydrogens is 330 g/mol. The first-order chi connectivity index (χ1) is 11.5. The van der Waals surface area contributed by atoms with Gasteiger partial charge in [-0.2, -0.15) is 0 Å². The highest BCUT2D eigenvalue weighted by molar-refractivity contribution is 8.01. The number of thioether (sulfide) groups is 1. The third kappa shape index (κ3) is 3.18. The predicted molar refractivity (Wildman–Crippen MR) is 91.4 cm³/mol. The number of aryl methyl sites for hydroxylation is 2. The van der Waals surface area contributed by atoms with Crippen molar-refractivity contribution in [3.05, 3.63) is 62.6 Å². The van der Waals surface area contributed by atoms with Crippen molar-refractivity contribution in [2.24, 2.45) is 0 Å². The zero-order valence-electron chi connectivity index (χ0n) is 12.9. The Morgan fingerprint density at radius 3 is 2.83 bits per heavy atom. The van der Waals surface area contributed by atoms with Crippen molar-refractivity contribution >= 4 is 29.0 Å². The number of nitrogens with one attached hydrogen (secondary N) is 1. The minimum atomic E-state index is -0.527. The van der Waals surface area contributed by atoms with E-state index in [4.69, 9.17) is 0 Å². The molecule has 8 heteroatoms. The number of nitrogens with zero attached hydrogens (tertiary/aromatic N) is 2. The number of fused-ring (bicyclic) bond motifs is 1. The fourth-order valence-electron chi connectivity index (χ4n) is 2.57. The molecular formula is C16H15N3O4S. The van der Waals surface area contributed by atoms with Gasteiger partial charge in [-0.15, -0.1) is 11.8 Å². The number of carbonyl (C=O) groups is 1. The van der Waals surface area contributed by atoms with E-state index in [9.17, 15) is 19.7 Å². The lowest BCUT2D eigenvalue weighted by molar-refractivity contribution is -0.385. The van der Waals surface area contributed by atoms with Crippen molar-refractivity contribution < 1.29 is 9.72 Å². The highest BCUT2D eigenvalue weighted by atomic mass is 32.2. The van der Waals surface area contributed by atoms with Crippen molar-refractivity contribution in [1.29, 1.82) is 0 Å². The zero-order valence-corrected chi connectivity index (χ0v) is 13.7. The number of anilines is 1. The minimum Gasteiger partial charge on any atom is -0.324 e. The summed E-state index contributed by atoms with van der Waals surface area (Å²) in [5.74, 6) is -0.117. The maximum absolute atomic E-state index is 12.2. The summed E-state index contributed by atoms with van der Waals surface area (Å²) in [6.07, 6.45) is 1.64. The third-order valence-corrected chi connectivity index (χ3v) is 5.14. The average Bonchev–Trinajstić information content (AvgIpc) is 2.55. The quantitative estimate of drug-likeness (QED) is 0.679. The number of nitro groups is 1. The highest BCUT2D eigenvalue weighted by Gasteiger charge is 2.26. The molecule has 0 radical (unpaired) electrons. The van der Waals surface area contributed by atoms with Crippen LogP contribution in [0.15, 0.2) is 46.2 Å². The predicted octanol–water partition coefficient (Wildman–Crippen LogP) is 2.57. The summed E-state index contributed by atoms with van der Waals surface area (Å²) in [7, 11) is 0. The van der Waals surface area contributed by atoms with Crippen LogP contribution in [0.2, 0.25) is 0 Å². The molecule has 1 atom stereocenters. The van der Waals surface area contributed by atoms with E-state index < -0.39 is 4.92 Å². The van der Waals surface area contributed by atoms with E-state index in [0.717, 1.165) is 10.6 Å². The van der Waals surface area contributed by atoms with Gasteiger partial charge in [0.05, 0.1) is 22.1 Å². The van der Waals surface area contributed by atoms with Crippen LogP contribution >= 0.6 is 11.8 Å². The summed E-state index contributed by atoms with van der Waals surface area (Å²) in [6.45, 7) is 1.79. The first kappa shape index (κ1) is 16.3. The van der Waals surface area contributed by atoms with Gasteiger partial charge in [0.1, 0.15) is 0 Å². The summed E-state index contributed by atoms with van der Waals surface area (Å²) >= 11 is 1.44. The number of rotatable bonds is 4. The fourth-order valence-corrected chi connectivity index (χ4v) is 3.67. The molecule has 0 saturated carbocycles. The van der Waals surface area contributed by atoms with Gasteiger partial charge in [-0.1, -0.05) is 12.1 Å². The molecule has 1 aromatic heterocycles. The number of amides is 1. The molecule has 3 rings (SSSR count). The molecule has 1 aromatic carbocycles. The van der Waals surface area contributed by atoms with Crippen molar-refractivity contribution in [2.75, 3.05) is 5.32 Å². The van der Waals surface area contributed by atoms with E-state index in [0.29, 0.717) is 12.0 Å². The van der Waals surface area contributed by atoms with Crippen molar-refractivity contribution in [1.82, 2.24) is 4.57 Å². The third-order valence-electron chi connectivity index (χ3n) is 3.80. The van der Waals surface area contributed by atoms with Gasteiger partial charge in [0.15, 0.2) is 0 Å². The molecule has 124 valence electrons. The van der Waals surface area contributed by atoms with Crippen molar-refractivity contribution in [3.63, 3.8) is 0 Å². The number of pyridine rings is 1. The van der Waals surface area contributed by atoms with Crippen LogP contribution < -0.4 is 10.9 Å². The first-order valence-corrected chi connectivity index (χ1v) is 8.25. The number of benzene rings is 1. The molecule has 24 heavy (non-hydrogen) atoms. The Morgan fingerprint density at radius 1 is 1.33 bits per heavy atom. The van der Waals surface area contributed by atoms with E-state index in [1.165, 1.54) is 28.6 Å². The molecule has 1 N–H and O–H groups in total. The van der Waals surface area contributed by atoms with Gasteiger partial charge < -0.3 is 9.88 Å².